The molecule has 29 heavy (non-hydrogen) atoms. The Labute approximate surface area is 170 Å². The van der Waals surface area contributed by atoms with Gasteiger partial charge >= 0.3 is 0 Å². The largest absolute Gasteiger partial charge is 0.314 e. The number of hydrogen-bond donors (Lipinski definition) is 0. The second-order valence-corrected chi connectivity index (χ2v) is 9.17. The average Bonchev–Trinajstić information content (AvgIpc) is 3.17. The summed E-state index contributed by atoms with van der Waals surface area (Å²) in [5.74, 6) is 0.145. The van der Waals surface area contributed by atoms with Crippen LogP contribution in [0.25, 0.3) is 11.4 Å². The highest BCUT2D eigenvalue weighted by molar-refractivity contribution is 7.90. The molecule has 2 aromatic carbocycles. The van der Waals surface area contributed by atoms with E-state index in [2.05, 4.69) is 15.4 Å². The van der Waals surface area contributed by atoms with Gasteiger partial charge in [0.2, 0.25) is 5.82 Å². The Kier molecular flexibility index (Phi) is 5.78. The Morgan fingerprint density at radius 2 is 1.66 bits per heavy atom. The third-order valence-corrected chi connectivity index (χ3v) is 5.70. The number of benzene rings is 2. The smallest absolute Gasteiger partial charge is 0.253 e. The lowest BCUT2D eigenvalue weighted by atomic mass is 10.0. The third-order valence-electron chi connectivity index (χ3n) is 4.58. The van der Waals surface area contributed by atoms with Gasteiger partial charge in [-0.05, 0) is 35.4 Å². The molecule has 1 unspecified atom stereocenters. The lowest BCUT2D eigenvalue weighted by molar-refractivity contribution is -0.123. The number of rotatable bonds is 6. The number of nitrogens with zero attached hydrogens (tertiary/aromatic N) is 5. The summed E-state index contributed by atoms with van der Waals surface area (Å²) in [6.45, 7) is 3.82. The zero-order chi connectivity index (χ0) is 21.2. The molecule has 0 aliphatic carbocycles. The molecule has 0 aliphatic rings. The van der Waals surface area contributed by atoms with E-state index >= 15 is 0 Å². The molecule has 9 heteroatoms. The fourth-order valence-electron chi connectivity index (χ4n) is 2.94. The van der Waals surface area contributed by atoms with E-state index in [-0.39, 0.29) is 16.7 Å². The van der Waals surface area contributed by atoms with Crippen molar-refractivity contribution in [3.8, 4) is 11.4 Å². The quantitative estimate of drug-likeness (QED) is 0.616. The minimum absolute atomic E-state index is 0.0851. The van der Waals surface area contributed by atoms with E-state index in [9.17, 15) is 13.2 Å². The molecule has 3 rings (SSSR count). The number of sulfone groups is 1. The number of carbonyl (C=O) groups is 1. The SMILES string of the molecule is CC(C)C(C(=O)N(C)c1ccc(S(C)(=O)=O)cc1)n1nnc(-c2ccccc2)n1. The van der Waals surface area contributed by atoms with Crippen LogP contribution in [0.15, 0.2) is 59.5 Å². The van der Waals surface area contributed by atoms with Gasteiger partial charge in [-0.3, -0.25) is 4.79 Å². The van der Waals surface area contributed by atoms with E-state index in [1.165, 1.54) is 21.8 Å². The molecule has 0 bridgehead atoms. The van der Waals surface area contributed by atoms with Gasteiger partial charge in [0.25, 0.3) is 5.91 Å². The van der Waals surface area contributed by atoms with Crippen LogP contribution >= 0.6 is 0 Å². The van der Waals surface area contributed by atoms with E-state index in [0.717, 1.165) is 11.8 Å². The number of likely N-dealkylation sites (N-methyl/N-ethyl adjacent to an activating group) is 1. The molecule has 0 radical (unpaired) electrons. The van der Waals surface area contributed by atoms with Gasteiger partial charge < -0.3 is 4.90 Å². The lowest BCUT2D eigenvalue weighted by Gasteiger charge is -2.25. The fourth-order valence-corrected chi connectivity index (χ4v) is 3.57. The van der Waals surface area contributed by atoms with Crippen molar-refractivity contribution in [1.82, 2.24) is 20.2 Å². The van der Waals surface area contributed by atoms with Crippen molar-refractivity contribution in [2.45, 2.75) is 24.8 Å². The molecular formula is C20H23N5O3S. The second-order valence-electron chi connectivity index (χ2n) is 7.15. The molecule has 0 N–H and O–H groups in total. The van der Waals surface area contributed by atoms with Gasteiger partial charge in [-0.1, -0.05) is 44.2 Å². The summed E-state index contributed by atoms with van der Waals surface area (Å²) in [5, 5.41) is 12.6. The first-order chi connectivity index (χ1) is 13.7. The van der Waals surface area contributed by atoms with Crippen molar-refractivity contribution >= 4 is 21.4 Å². The fraction of sp³-hybridized carbons (Fsp3) is 0.300. The van der Waals surface area contributed by atoms with Gasteiger partial charge in [-0.2, -0.15) is 4.80 Å². The molecular weight excluding hydrogens is 390 g/mol. The van der Waals surface area contributed by atoms with Crippen LogP contribution in [0.5, 0.6) is 0 Å². The van der Waals surface area contributed by atoms with Gasteiger partial charge in [0.15, 0.2) is 15.9 Å². The van der Waals surface area contributed by atoms with Crippen LogP contribution < -0.4 is 4.90 Å². The summed E-state index contributed by atoms with van der Waals surface area (Å²) >= 11 is 0. The van der Waals surface area contributed by atoms with Crippen LogP contribution in [-0.4, -0.2) is 47.8 Å². The molecule has 1 amide bonds. The van der Waals surface area contributed by atoms with Gasteiger partial charge in [0, 0.05) is 24.6 Å². The summed E-state index contributed by atoms with van der Waals surface area (Å²) in [6.07, 6.45) is 1.15. The van der Waals surface area contributed by atoms with Crippen molar-refractivity contribution in [3.63, 3.8) is 0 Å². The van der Waals surface area contributed by atoms with Crippen molar-refractivity contribution in [2.24, 2.45) is 5.92 Å². The summed E-state index contributed by atoms with van der Waals surface area (Å²) < 4.78 is 23.3. The van der Waals surface area contributed by atoms with Crippen LogP contribution in [0, 0.1) is 5.92 Å². The first-order valence-electron chi connectivity index (χ1n) is 9.11. The van der Waals surface area contributed by atoms with Crippen LogP contribution in [0.2, 0.25) is 0 Å². The predicted molar refractivity (Wildman–Crippen MR) is 110 cm³/mol. The molecule has 0 aliphatic heterocycles. The maximum Gasteiger partial charge on any atom is 0.253 e. The van der Waals surface area contributed by atoms with Crippen molar-refractivity contribution in [1.29, 1.82) is 0 Å². The molecule has 152 valence electrons. The second kappa shape index (κ2) is 8.12. The molecule has 0 saturated heterocycles. The Balaban J connectivity index is 1.87. The van der Waals surface area contributed by atoms with Crippen LogP contribution in [0.3, 0.4) is 0 Å². The van der Waals surface area contributed by atoms with Gasteiger partial charge in [0.05, 0.1) is 4.90 Å². The van der Waals surface area contributed by atoms with Crippen molar-refractivity contribution in [2.75, 3.05) is 18.2 Å². The minimum atomic E-state index is -3.30. The number of carbonyl (C=O) groups excluding carboxylic acids is 1. The maximum atomic E-state index is 13.2. The molecule has 8 nitrogen and oxygen atoms in total. The zero-order valence-electron chi connectivity index (χ0n) is 16.7. The topological polar surface area (TPSA) is 98.1 Å². The Morgan fingerprint density at radius 1 is 1.03 bits per heavy atom. The van der Waals surface area contributed by atoms with E-state index in [1.54, 1.807) is 19.2 Å². The standard InChI is InChI=1S/C20H23N5O3S/c1-14(2)18(25-22-19(21-23-25)15-8-6-5-7-9-15)20(26)24(3)16-10-12-17(13-11-16)29(4,27)28/h5-14,18H,1-4H3. The number of amides is 1. The molecule has 1 aromatic heterocycles. The summed E-state index contributed by atoms with van der Waals surface area (Å²) in [4.78, 5) is 16.2. The molecule has 1 atom stereocenters. The van der Waals surface area contributed by atoms with Gasteiger partial charge in [-0.25, -0.2) is 8.42 Å². The Hall–Kier alpha value is -3.07. The Bertz CT molecular complexity index is 1090. The van der Waals surface area contributed by atoms with Crippen LogP contribution in [-0.2, 0) is 14.6 Å². The van der Waals surface area contributed by atoms with Gasteiger partial charge in [0.1, 0.15) is 0 Å². The number of aromatic nitrogens is 4. The first kappa shape index (κ1) is 20.7. The van der Waals surface area contributed by atoms with Crippen LogP contribution in [0.1, 0.15) is 19.9 Å². The molecule has 0 spiro atoms. The molecule has 0 saturated carbocycles. The minimum Gasteiger partial charge on any atom is -0.314 e. The Morgan fingerprint density at radius 3 is 2.21 bits per heavy atom. The van der Waals surface area contributed by atoms with Crippen molar-refractivity contribution < 1.29 is 13.2 Å². The average molecular weight is 414 g/mol. The number of anilines is 1. The predicted octanol–water partition coefficient (Wildman–Crippen LogP) is 2.60. The third kappa shape index (κ3) is 4.51. The molecule has 1 heterocycles. The van der Waals surface area contributed by atoms with E-state index in [4.69, 9.17) is 0 Å². The van der Waals surface area contributed by atoms with Crippen molar-refractivity contribution in [3.05, 3.63) is 54.6 Å². The highest BCUT2D eigenvalue weighted by Gasteiger charge is 2.30. The van der Waals surface area contributed by atoms with Crippen LogP contribution in [0.4, 0.5) is 5.69 Å². The summed E-state index contributed by atoms with van der Waals surface area (Å²) in [6, 6.07) is 15.0. The highest BCUT2D eigenvalue weighted by atomic mass is 32.2. The highest BCUT2D eigenvalue weighted by Crippen LogP contribution is 2.24. The lowest BCUT2D eigenvalue weighted by Crippen LogP contribution is -2.38. The first-order valence-corrected chi connectivity index (χ1v) is 11.0. The zero-order valence-corrected chi connectivity index (χ0v) is 17.5. The van der Waals surface area contributed by atoms with E-state index < -0.39 is 15.9 Å². The number of tetrazole rings is 1. The molecule has 3 aromatic rings. The van der Waals surface area contributed by atoms with E-state index in [1.807, 2.05) is 44.2 Å². The summed E-state index contributed by atoms with van der Waals surface area (Å²) in [5.41, 5.74) is 1.40. The number of hydrogen-bond acceptors (Lipinski definition) is 6. The monoisotopic (exact) mass is 413 g/mol. The maximum absolute atomic E-state index is 13.2. The van der Waals surface area contributed by atoms with Gasteiger partial charge in [-0.15, -0.1) is 10.2 Å². The summed E-state index contributed by atoms with van der Waals surface area (Å²) in [7, 11) is -1.66. The van der Waals surface area contributed by atoms with E-state index in [0.29, 0.717) is 11.5 Å². The normalized spacial score (nSPS) is 12.7. The molecule has 0 fully saturated rings.